The largest absolute Gasteiger partial charge is 0.320 e. The van der Waals surface area contributed by atoms with Gasteiger partial charge >= 0.3 is 0 Å². The molecule has 106 valence electrons. The Hall–Kier alpha value is -2.53. The Morgan fingerprint density at radius 1 is 1.05 bits per heavy atom. The van der Waals surface area contributed by atoms with Gasteiger partial charge in [0.25, 0.3) is 0 Å². The van der Waals surface area contributed by atoms with Crippen LogP contribution in [0.1, 0.15) is 17.2 Å². The molecule has 1 atom stereocenters. The van der Waals surface area contributed by atoms with E-state index in [0.717, 1.165) is 23.9 Å². The summed E-state index contributed by atoms with van der Waals surface area (Å²) in [5.74, 6) is -1.05. The van der Waals surface area contributed by atoms with E-state index in [1.54, 1.807) is 17.1 Å². The SMILES string of the molecule is NC(c1cnn(-c2ccccc2)c1)c1cc(F)ccc1F. The van der Waals surface area contributed by atoms with Gasteiger partial charge < -0.3 is 5.73 Å². The van der Waals surface area contributed by atoms with Crippen molar-refractivity contribution in [2.45, 2.75) is 6.04 Å². The third-order valence-corrected chi connectivity index (χ3v) is 3.28. The lowest BCUT2D eigenvalue weighted by Gasteiger charge is -2.11. The van der Waals surface area contributed by atoms with Crippen molar-refractivity contribution in [1.29, 1.82) is 0 Å². The van der Waals surface area contributed by atoms with Crippen molar-refractivity contribution in [2.75, 3.05) is 0 Å². The topological polar surface area (TPSA) is 43.8 Å². The normalized spacial score (nSPS) is 12.3. The molecule has 3 aromatic rings. The van der Waals surface area contributed by atoms with Crippen LogP contribution in [-0.4, -0.2) is 9.78 Å². The Kier molecular flexibility index (Phi) is 3.50. The molecule has 0 aliphatic carbocycles. The molecule has 0 bridgehead atoms. The monoisotopic (exact) mass is 285 g/mol. The van der Waals surface area contributed by atoms with Crippen LogP contribution in [0.5, 0.6) is 0 Å². The highest BCUT2D eigenvalue weighted by Crippen LogP contribution is 2.23. The zero-order chi connectivity index (χ0) is 14.8. The van der Waals surface area contributed by atoms with Gasteiger partial charge in [-0.3, -0.25) is 0 Å². The van der Waals surface area contributed by atoms with E-state index in [1.807, 2.05) is 30.3 Å². The zero-order valence-corrected chi connectivity index (χ0v) is 11.1. The fraction of sp³-hybridized carbons (Fsp3) is 0.0625. The maximum absolute atomic E-state index is 13.8. The average Bonchev–Trinajstić information content (AvgIpc) is 3.00. The van der Waals surface area contributed by atoms with Gasteiger partial charge in [-0.2, -0.15) is 5.10 Å². The van der Waals surface area contributed by atoms with Gasteiger partial charge in [-0.25, -0.2) is 13.5 Å². The first-order valence-corrected chi connectivity index (χ1v) is 6.45. The number of hydrogen-bond donors (Lipinski definition) is 1. The van der Waals surface area contributed by atoms with E-state index in [1.165, 1.54) is 0 Å². The number of benzene rings is 2. The molecule has 3 rings (SSSR count). The highest BCUT2D eigenvalue weighted by molar-refractivity contribution is 5.34. The smallest absolute Gasteiger partial charge is 0.128 e. The van der Waals surface area contributed by atoms with Crippen molar-refractivity contribution in [3.63, 3.8) is 0 Å². The Balaban J connectivity index is 1.94. The van der Waals surface area contributed by atoms with Crippen molar-refractivity contribution in [3.8, 4) is 5.69 Å². The van der Waals surface area contributed by atoms with Gasteiger partial charge in [-0.05, 0) is 30.3 Å². The van der Waals surface area contributed by atoms with Crippen molar-refractivity contribution >= 4 is 0 Å². The van der Waals surface area contributed by atoms with Gasteiger partial charge in [0.1, 0.15) is 11.6 Å². The molecule has 0 saturated heterocycles. The van der Waals surface area contributed by atoms with Gasteiger partial charge in [-0.15, -0.1) is 0 Å². The maximum atomic E-state index is 13.8. The van der Waals surface area contributed by atoms with Crippen LogP contribution in [0.15, 0.2) is 60.9 Å². The minimum atomic E-state index is -0.766. The van der Waals surface area contributed by atoms with Crippen LogP contribution in [0, 0.1) is 11.6 Å². The van der Waals surface area contributed by atoms with Crippen molar-refractivity contribution in [2.24, 2.45) is 5.73 Å². The van der Waals surface area contributed by atoms with E-state index >= 15 is 0 Å². The van der Waals surface area contributed by atoms with Crippen molar-refractivity contribution in [1.82, 2.24) is 9.78 Å². The molecule has 21 heavy (non-hydrogen) atoms. The number of rotatable bonds is 3. The summed E-state index contributed by atoms with van der Waals surface area (Å²) >= 11 is 0. The first kappa shape index (κ1) is 13.5. The summed E-state index contributed by atoms with van der Waals surface area (Å²) < 4.78 is 28.7. The molecule has 0 radical (unpaired) electrons. The van der Waals surface area contributed by atoms with Gasteiger partial charge in [0.05, 0.1) is 17.9 Å². The quantitative estimate of drug-likeness (QED) is 0.803. The number of aromatic nitrogens is 2. The minimum absolute atomic E-state index is 0.114. The molecule has 2 aromatic carbocycles. The molecule has 0 saturated carbocycles. The lowest BCUT2D eigenvalue weighted by atomic mass is 10.0. The number of para-hydroxylation sites is 1. The summed E-state index contributed by atoms with van der Waals surface area (Å²) in [7, 11) is 0. The Morgan fingerprint density at radius 3 is 2.57 bits per heavy atom. The lowest BCUT2D eigenvalue weighted by Crippen LogP contribution is -2.13. The Bertz CT molecular complexity index is 753. The van der Waals surface area contributed by atoms with Crippen LogP contribution < -0.4 is 5.73 Å². The summed E-state index contributed by atoms with van der Waals surface area (Å²) in [6.07, 6.45) is 3.27. The molecule has 3 nitrogen and oxygen atoms in total. The molecule has 2 N–H and O–H groups in total. The summed E-state index contributed by atoms with van der Waals surface area (Å²) in [5.41, 5.74) is 7.62. The molecule has 1 aromatic heterocycles. The molecule has 0 spiro atoms. The molecule has 0 aliphatic heterocycles. The second kappa shape index (κ2) is 5.46. The number of hydrogen-bond acceptors (Lipinski definition) is 2. The van der Waals surface area contributed by atoms with Crippen molar-refractivity contribution in [3.05, 3.63) is 83.7 Å². The van der Waals surface area contributed by atoms with Crippen molar-refractivity contribution < 1.29 is 8.78 Å². The number of nitrogens with zero attached hydrogens (tertiary/aromatic N) is 2. The van der Waals surface area contributed by atoms with Gasteiger partial charge in [-0.1, -0.05) is 18.2 Å². The van der Waals surface area contributed by atoms with Gasteiger partial charge in [0, 0.05) is 17.3 Å². The van der Waals surface area contributed by atoms with Crippen LogP contribution in [-0.2, 0) is 0 Å². The van der Waals surface area contributed by atoms with Crippen LogP contribution in [0.2, 0.25) is 0 Å². The molecule has 1 unspecified atom stereocenters. The van der Waals surface area contributed by atoms with E-state index in [4.69, 9.17) is 5.73 Å². The summed E-state index contributed by atoms with van der Waals surface area (Å²) in [6.45, 7) is 0. The summed E-state index contributed by atoms with van der Waals surface area (Å²) in [6, 6.07) is 12.0. The van der Waals surface area contributed by atoms with E-state index < -0.39 is 17.7 Å². The molecular formula is C16H13F2N3. The molecule has 1 heterocycles. The highest BCUT2D eigenvalue weighted by atomic mass is 19.1. The Morgan fingerprint density at radius 2 is 1.81 bits per heavy atom. The van der Waals surface area contributed by atoms with Gasteiger partial charge in [0.15, 0.2) is 0 Å². The average molecular weight is 285 g/mol. The van der Waals surface area contributed by atoms with Crippen LogP contribution in [0.4, 0.5) is 8.78 Å². The molecule has 0 aliphatic rings. The van der Waals surface area contributed by atoms with E-state index in [0.29, 0.717) is 5.56 Å². The fourth-order valence-electron chi connectivity index (χ4n) is 2.15. The standard InChI is InChI=1S/C16H13F2N3/c17-12-6-7-15(18)14(8-12)16(19)11-9-20-21(10-11)13-4-2-1-3-5-13/h1-10,16H,19H2. The molecule has 5 heteroatoms. The Labute approximate surface area is 120 Å². The van der Waals surface area contributed by atoms with Crippen LogP contribution in [0.3, 0.4) is 0 Å². The zero-order valence-electron chi connectivity index (χ0n) is 11.1. The third-order valence-electron chi connectivity index (χ3n) is 3.28. The van der Waals surface area contributed by atoms with E-state index in [2.05, 4.69) is 5.10 Å². The minimum Gasteiger partial charge on any atom is -0.320 e. The summed E-state index contributed by atoms with van der Waals surface area (Å²) in [5, 5.41) is 4.21. The first-order chi connectivity index (χ1) is 10.1. The fourth-order valence-corrected chi connectivity index (χ4v) is 2.15. The number of halogens is 2. The second-order valence-electron chi connectivity index (χ2n) is 4.70. The van der Waals surface area contributed by atoms with Crippen LogP contribution in [0.25, 0.3) is 5.69 Å². The highest BCUT2D eigenvalue weighted by Gasteiger charge is 2.16. The predicted molar refractivity (Wildman–Crippen MR) is 76.0 cm³/mol. The van der Waals surface area contributed by atoms with Gasteiger partial charge in [0.2, 0.25) is 0 Å². The predicted octanol–water partition coefficient (Wildman–Crippen LogP) is 3.20. The van der Waals surface area contributed by atoms with E-state index in [-0.39, 0.29) is 5.56 Å². The number of nitrogens with two attached hydrogens (primary N) is 1. The lowest BCUT2D eigenvalue weighted by molar-refractivity contribution is 0.576. The molecule has 0 amide bonds. The molecule has 0 fully saturated rings. The third kappa shape index (κ3) is 2.68. The van der Waals surface area contributed by atoms with E-state index in [9.17, 15) is 8.78 Å². The molecular weight excluding hydrogens is 272 g/mol. The maximum Gasteiger partial charge on any atom is 0.128 e. The summed E-state index contributed by atoms with van der Waals surface area (Å²) in [4.78, 5) is 0. The first-order valence-electron chi connectivity index (χ1n) is 6.45. The second-order valence-corrected chi connectivity index (χ2v) is 4.70. The van der Waals surface area contributed by atoms with Crippen LogP contribution >= 0.6 is 0 Å².